The van der Waals surface area contributed by atoms with E-state index in [0.717, 1.165) is 25.5 Å². The predicted octanol–water partition coefficient (Wildman–Crippen LogP) is 1.10. The van der Waals surface area contributed by atoms with Crippen LogP contribution in [0.5, 0.6) is 0 Å². The highest BCUT2D eigenvalue weighted by molar-refractivity contribution is 5.70. The van der Waals surface area contributed by atoms with Gasteiger partial charge in [-0.15, -0.1) is 0 Å². The average Bonchev–Trinajstić information content (AvgIpc) is 2.23. The zero-order chi connectivity index (χ0) is 11.2. The Balaban J connectivity index is 1.52. The van der Waals surface area contributed by atoms with Crippen LogP contribution in [0.2, 0.25) is 0 Å². The second-order valence-corrected chi connectivity index (χ2v) is 4.74. The molecule has 0 aromatic rings. The Bertz CT molecular complexity index is 222. The van der Waals surface area contributed by atoms with E-state index in [4.69, 9.17) is 9.47 Å². The van der Waals surface area contributed by atoms with Crippen molar-refractivity contribution in [1.29, 1.82) is 0 Å². The molecule has 2 aliphatic rings. The predicted molar refractivity (Wildman–Crippen MR) is 60.1 cm³/mol. The summed E-state index contributed by atoms with van der Waals surface area (Å²) in [6.07, 6.45) is 5.46. The van der Waals surface area contributed by atoms with Gasteiger partial charge < -0.3 is 14.8 Å². The Morgan fingerprint density at radius 1 is 1.44 bits per heavy atom. The molecule has 2 fully saturated rings. The van der Waals surface area contributed by atoms with Crippen molar-refractivity contribution in [3.63, 3.8) is 0 Å². The van der Waals surface area contributed by atoms with Crippen molar-refractivity contribution in [2.75, 3.05) is 26.4 Å². The third-order valence-electron chi connectivity index (χ3n) is 3.43. The summed E-state index contributed by atoms with van der Waals surface area (Å²) in [7, 11) is 0. The topological polar surface area (TPSA) is 47.6 Å². The number of ether oxygens (including phenoxy) is 2. The van der Waals surface area contributed by atoms with E-state index in [9.17, 15) is 4.79 Å². The molecule has 0 aromatic carbocycles. The molecule has 1 heterocycles. The van der Waals surface area contributed by atoms with Crippen LogP contribution in [-0.2, 0) is 14.3 Å². The molecule has 0 aromatic heterocycles. The molecule has 4 heteroatoms. The summed E-state index contributed by atoms with van der Waals surface area (Å²) < 4.78 is 10.5. The zero-order valence-corrected chi connectivity index (χ0v) is 9.74. The molecule has 0 bridgehead atoms. The molecule has 92 valence electrons. The van der Waals surface area contributed by atoms with Crippen LogP contribution in [0.1, 0.15) is 32.1 Å². The monoisotopic (exact) mass is 227 g/mol. The lowest BCUT2D eigenvalue weighted by Gasteiger charge is -2.25. The molecule has 16 heavy (non-hydrogen) atoms. The van der Waals surface area contributed by atoms with E-state index in [1.54, 1.807) is 0 Å². The Kier molecular flexibility index (Phi) is 4.60. The van der Waals surface area contributed by atoms with Crippen LogP contribution in [-0.4, -0.2) is 38.4 Å². The Hall–Kier alpha value is -0.610. The fourth-order valence-electron chi connectivity index (χ4n) is 2.13. The standard InChI is InChI=1S/C12H21NO3/c14-12(8-11-9-15-7-5-13-11)16-6-4-10-2-1-3-10/h10-11,13H,1-9H2. The third kappa shape index (κ3) is 3.76. The first-order chi connectivity index (χ1) is 7.84. The quantitative estimate of drug-likeness (QED) is 0.714. The van der Waals surface area contributed by atoms with E-state index in [1.165, 1.54) is 19.3 Å². The van der Waals surface area contributed by atoms with Gasteiger partial charge in [0.05, 0.1) is 26.2 Å². The highest BCUT2D eigenvalue weighted by Crippen LogP contribution is 2.29. The molecule has 1 atom stereocenters. The van der Waals surface area contributed by atoms with Gasteiger partial charge >= 0.3 is 5.97 Å². The number of morpholine rings is 1. The minimum Gasteiger partial charge on any atom is -0.466 e. The maximum Gasteiger partial charge on any atom is 0.307 e. The van der Waals surface area contributed by atoms with Crippen LogP contribution in [0, 0.1) is 5.92 Å². The van der Waals surface area contributed by atoms with Gasteiger partial charge in [-0.2, -0.15) is 0 Å². The van der Waals surface area contributed by atoms with Crippen LogP contribution in [0.3, 0.4) is 0 Å². The third-order valence-corrected chi connectivity index (χ3v) is 3.43. The van der Waals surface area contributed by atoms with E-state index in [-0.39, 0.29) is 12.0 Å². The van der Waals surface area contributed by atoms with Gasteiger partial charge in [0.1, 0.15) is 0 Å². The van der Waals surface area contributed by atoms with E-state index in [1.807, 2.05) is 0 Å². The van der Waals surface area contributed by atoms with Crippen LogP contribution in [0.4, 0.5) is 0 Å². The maximum atomic E-state index is 11.5. The fourth-order valence-corrected chi connectivity index (χ4v) is 2.13. The summed E-state index contributed by atoms with van der Waals surface area (Å²) in [5, 5.41) is 3.25. The molecule has 4 nitrogen and oxygen atoms in total. The first kappa shape index (κ1) is 11.9. The van der Waals surface area contributed by atoms with Gasteiger partial charge in [0, 0.05) is 12.6 Å². The molecule has 1 N–H and O–H groups in total. The molecule has 2 rings (SSSR count). The lowest BCUT2D eigenvalue weighted by Crippen LogP contribution is -2.42. The van der Waals surface area contributed by atoms with E-state index < -0.39 is 0 Å². The van der Waals surface area contributed by atoms with Crippen molar-refractivity contribution in [3.8, 4) is 0 Å². The Morgan fingerprint density at radius 2 is 2.31 bits per heavy atom. The number of rotatable bonds is 5. The number of hydrogen-bond donors (Lipinski definition) is 1. The van der Waals surface area contributed by atoms with Crippen molar-refractivity contribution in [3.05, 3.63) is 0 Å². The molecule has 0 radical (unpaired) electrons. The molecule has 1 saturated carbocycles. The second-order valence-electron chi connectivity index (χ2n) is 4.74. The summed E-state index contributed by atoms with van der Waals surface area (Å²) in [6.45, 7) is 2.79. The molecule has 1 aliphatic heterocycles. The van der Waals surface area contributed by atoms with Gasteiger partial charge in [0.2, 0.25) is 0 Å². The highest BCUT2D eigenvalue weighted by atomic mass is 16.5. The fraction of sp³-hybridized carbons (Fsp3) is 0.917. The van der Waals surface area contributed by atoms with Crippen molar-refractivity contribution < 1.29 is 14.3 Å². The summed E-state index contributed by atoms with van der Waals surface area (Å²) in [6, 6.07) is 0.143. The number of carbonyl (C=O) groups excluding carboxylic acids is 1. The van der Waals surface area contributed by atoms with Crippen molar-refractivity contribution in [1.82, 2.24) is 5.32 Å². The van der Waals surface area contributed by atoms with Gasteiger partial charge in [-0.25, -0.2) is 0 Å². The van der Waals surface area contributed by atoms with Crippen LogP contribution in [0.25, 0.3) is 0 Å². The summed E-state index contributed by atoms with van der Waals surface area (Å²) >= 11 is 0. The first-order valence-electron chi connectivity index (χ1n) is 6.31. The second kappa shape index (κ2) is 6.21. The maximum absolute atomic E-state index is 11.5. The van der Waals surface area contributed by atoms with Crippen molar-refractivity contribution >= 4 is 5.97 Å². The molecule has 0 spiro atoms. The number of nitrogens with one attached hydrogen (secondary N) is 1. The lowest BCUT2D eigenvalue weighted by molar-refractivity contribution is -0.145. The van der Waals surface area contributed by atoms with Crippen LogP contribution in [0.15, 0.2) is 0 Å². The average molecular weight is 227 g/mol. The molecular formula is C12H21NO3. The van der Waals surface area contributed by atoms with Gasteiger partial charge in [0.25, 0.3) is 0 Å². The van der Waals surface area contributed by atoms with Crippen molar-refractivity contribution in [2.45, 2.75) is 38.1 Å². The summed E-state index contributed by atoms with van der Waals surface area (Å²) in [5.74, 6) is 0.714. The zero-order valence-electron chi connectivity index (χ0n) is 9.74. The number of carbonyl (C=O) groups is 1. The van der Waals surface area contributed by atoms with Gasteiger partial charge in [-0.3, -0.25) is 4.79 Å². The molecule has 1 aliphatic carbocycles. The SMILES string of the molecule is O=C(CC1COCCN1)OCCC1CCC1. The number of esters is 1. The molecule has 1 unspecified atom stereocenters. The van der Waals surface area contributed by atoms with Crippen LogP contribution < -0.4 is 5.32 Å². The summed E-state index contributed by atoms with van der Waals surface area (Å²) in [4.78, 5) is 11.5. The van der Waals surface area contributed by atoms with Gasteiger partial charge in [0.15, 0.2) is 0 Å². The molecule has 0 amide bonds. The highest BCUT2D eigenvalue weighted by Gasteiger charge is 2.20. The molecular weight excluding hydrogens is 206 g/mol. The molecule has 1 saturated heterocycles. The normalized spacial score (nSPS) is 26.1. The Labute approximate surface area is 96.7 Å². The lowest BCUT2D eigenvalue weighted by atomic mass is 9.83. The van der Waals surface area contributed by atoms with Crippen LogP contribution >= 0.6 is 0 Å². The van der Waals surface area contributed by atoms with Crippen molar-refractivity contribution in [2.24, 2.45) is 5.92 Å². The smallest absolute Gasteiger partial charge is 0.307 e. The Morgan fingerprint density at radius 3 is 2.94 bits per heavy atom. The first-order valence-corrected chi connectivity index (χ1v) is 6.31. The minimum atomic E-state index is -0.0951. The minimum absolute atomic E-state index is 0.0951. The van der Waals surface area contributed by atoms with Gasteiger partial charge in [-0.1, -0.05) is 19.3 Å². The van der Waals surface area contributed by atoms with E-state index >= 15 is 0 Å². The number of hydrogen-bond acceptors (Lipinski definition) is 4. The van der Waals surface area contributed by atoms with E-state index in [2.05, 4.69) is 5.32 Å². The van der Waals surface area contributed by atoms with E-state index in [0.29, 0.717) is 19.6 Å². The summed E-state index contributed by atoms with van der Waals surface area (Å²) in [5.41, 5.74) is 0. The largest absolute Gasteiger partial charge is 0.466 e. The van der Waals surface area contributed by atoms with Gasteiger partial charge in [-0.05, 0) is 12.3 Å².